The van der Waals surface area contributed by atoms with E-state index in [1.54, 1.807) is 12.1 Å². The number of hydrogen-bond donors (Lipinski definition) is 1. The highest BCUT2D eigenvalue weighted by Crippen LogP contribution is 2.09. The second-order valence-corrected chi connectivity index (χ2v) is 3.96. The van der Waals surface area contributed by atoms with Crippen molar-refractivity contribution in [2.45, 2.75) is 6.54 Å². The average Bonchev–Trinajstić information content (AvgIpc) is 2.39. The van der Waals surface area contributed by atoms with E-state index < -0.39 is 0 Å². The molecule has 6 nitrogen and oxygen atoms in total. The molecule has 1 aromatic rings. The standard InChI is InChI=1S/C11H18N4O2/c1-12-4-5-15-11(16)3-2-10(13-15)14-6-8-17-9-7-14/h2-3,12H,4-9H2,1H3. The normalized spacial score (nSPS) is 16.2. The molecule has 1 saturated heterocycles. The average molecular weight is 238 g/mol. The molecule has 0 atom stereocenters. The zero-order chi connectivity index (χ0) is 12.1. The van der Waals surface area contributed by atoms with Crippen LogP contribution in [-0.2, 0) is 11.3 Å². The quantitative estimate of drug-likeness (QED) is 0.751. The Labute approximate surface area is 100 Å². The predicted octanol–water partition coefficient (Wildman–Crippen LogP) is -0.701. The SMILES string of the molecule is CNCCn1nc(N2CCOCC2)ccc1=O. The van der Waals surface area contributed by atoms with E-state index in [1.807, 2.05) is 7.05 Å². The molecule has 1 fully saturated rings. The fourth-order valence-electron chi connectivity index (χ4n) is 1.78. The van der Waals surface area contributed by atoms with Gasteiger partial charge in [-0.1, -0.05) is 0 Å². The van der Waals surface area contributed by atoms with Gasteiger partial charge in [0, 0.05) is 25.7 Å². The number of anilines is 1. The molecule has 17 heavy (non-hydrogen) atoms. The molecule has 0 amide bonds. The molecule has 2 rings (SSSR count). The van der Waals surface area contributed by atoms with Crippen molar-refractivity contribution in [1.29, 1.82) is 0 Å². The molecule has 6 heteroatoms. The lowest BCUT2D eigenvalue weighted by Gasteiger charge is -2.27. The van der Waals surface area contributed by atoms with Crippen molar-refractivity contribution in [3.05, 3.63) is 22.5 Å². The first kappa shape index (κ1) is 12.1. The van der Waals surface area contributed by atoms with Gasteiger partial charge in [0.25, 0.3) is 5.56 Å². The van der Waals surface area contributed by atoms with Crippen molar-refractivity contribution in [2.75, 3.05) is 44.8 Å². The molecule has 0 aliphatic carbocycles. The summed E-state index contributed by atoms with van der Waals surface area (Å²) in [6.07, 6.45) is 0. The Balaban J connectivity index is 2.14. The van der Waals surface area contributed by atoms with Crippen LogP contribution >= 0.6 is 0 Å². The van der Waals surface area contributed by atoms with Gasteiger partial charge in [0.1, 0.15) is 5.82 Å². The van der Waals surface area contributed by atoms with Crippen LogP contribution in [-0.4, -0.2) is 49.7 Å². The second kappa shape index (κ2) is 5.79. The molecular weight excluding hydrogens is 220 g/mol. The van der Waals surface area contributed by atoms with Gasteiger partial charge in [-0.15, -0.1) is 0 Å². The topological polar surface area (TPSA) is 59.4 Å². The van der Waals surface area contributed by atoms with Gasteiger partial charge < -0.3 is 15.0 Å². The zero-order valence-corrected chi connectivity index (χ0v) is 10.1. The van der Waals surface area contributed by atoms with Gasteiger partial charge >= 0.3 is 0 Å². The Morgan fingerprint density at radius 1 is 1.41 bits per heavy atom. The second-order valence-electron chi connectivity index (χ2n) is 3.96. The number of likely N-dealkylation sites (N-methyl/N-ethyl adjacent to an activating group) is 1. The van der Waals surface area contributed by atoms with Crippen molar-refractivity contribution in [1.82, 2.24) is 15.1 Å². The van der Waals surface area contributed by atoms with Gasteiger partial charge in [0.15, 0.2) is 0 Å². The summed E-state index contributed by atoms with van der Waals surface area (Å²) in [5, 5.41) is 7.38. The summed E-state index contributed by atoms with van der Waals surface area (Å²) in [7, 11) is 1.86. The van der Waals surface area contributed by atoms with Crippen LogP contribution in [0.25, 0.3) is 0 Å². The van der Waals surface area contributed by atoms with E-state index >= 15 is 0 Å². The molecule has 0 bridgehead atoms. The van der Waals surface area contributed by atoms with Crippen LogP contribution in [0.2, 0.25) is 0 Å². The van der Waals surface area contributed by atoms with E-state index in [-0.39, 0.29) is 5.56 Å². The molecule has 0 aromatic carbocycles. The van der Waals surface area contributed by atoms with Crippen LogP contribution in [0.3, 0.4) is 0 Å². The van der Waals surface area contributed by atoms with Crippen LogP contribution in [0.5, 0.6) is 0 Å². The van der Waals surface area contributed by atoms with E-state index in [9.17, 15) is 4.79 Å². The molecule has 1 aliphatic heterocycles. The maximum atomic E-state index is 11.6. The monoisotopic (exact) mass is 238 g/mol. The summed E-state index contributed by atoms with van der Waals surface area (Å²) < 4.78 is 6.79. The van der Waals surface area contributed by atoms with Crippen molar-refractivity contribution >= 4 is 5.82 Å². The van der Waals surface area contributed by atoms with Crippen molar-refractivity contribution in [2.24, 2.45) is 0 Å². The van der Waals surface area contributed by atoms with Crippen molar-refractivity contribution < 1.29 is 4.74 Å². The Morgan fingerprint density at radius 3 is 2.88 bits per heavy atom. The number of hydrogen-bond acceptors (Lipinski definition) is 5. The number of ether oxygens (including phenoxy) is 1. The van der Waals surface area contributed by atoms with Gasteiger partial charge in [-0.05, 0) is 13.1 Å². The van der Waals surface area contributed by atoms with Gasteiger partial charge in [0.2, 0.25) is 0 Å². The lowest BCUT2D eigenvalue weighted by molar-refractivity contribution is 0.122. The fraction of sp³-hybridized carbons (Fsp3) is 0.636. The minimum absolute atomic E-state index is 0.0581. The first-order chi connectivity index (χ1) is 8.31. The largest absolute Gasteiger partial charge is 0.378 e. The van der Waals surface area contributed by atoms with Crippen molar-refractivity contribution in [3.63, 3.8) is 0 Å². The first-order valence-electron chi connectivity index (χ1n) is 5.87. The van der Waals surface area contributed by atoms with E-state index in [2.05, 4.69) is 15.3 Å². The Hall–Kier alpha value is -1.40. The van der Waals surface area contributed by atoms with E-state index in [0.717, 1.165) is 38.7 Å². The molecule has 94 valence electrons. The van der Waals surface area contributed by atoms with Gasteiger partial charge in [-0.3, -0.25) is 4.79 Å². The third-order valence-electron chi connectivity index (χ3n) is 2.76. The molecular formula is C11H18N4O2. The maximum Gasteiger partial charge on any atom is 0.266 e. The summed E-state index contributed by atoms with van der Waals surface area (Å²) >= 11 is 0. The smallest absolute Gasteiger partial charge is 0.266 e. The molecule has 0 unspecified atom stereocenters. The minimum atomic E-state index is -0.0581. The van der Waals surface area contributed by atoms with E-state index in [1.165, 1.54) is 4.68 Å². The molecule has 0 saturated carbocycles. The van der Waals surface area contributed by atoms with Crippen LogP contribution in [0.15, 0.2) is 16.9 Å². The summed E-state index contributed by atoms with van der Waals surface area (Å²) in [6, 6.07) is 3.36. The number of morpholine rings is 1. The van der Waals surface area contributed by atoms with Gasteiger partial charge in [-0.2, -0.15) is 5.10 Å². The highest BCUT2D eigenvalue weighted by atomic mass is 16.5. The number of nitrogens with one attached hydrogen (secondary N) is 1. The molecule has 1 aliphatic rings. The highest BCUT2D eigenvalue weighted by Gasteiger charge is 2.13. The number of rotatable bonds is 4. The third-order valence-corrected chi connectivity index (χ3v) is 2.76. The van der Waals surface area contributed by atoms with Crippen LogP contribution in [0.1, 0.15) is 0 Å². The van der Waals surface area contributed by atoms with E-state index in [0.29, 0.717) is 6.54 Å². The number of aromatic nitrogens is 2. The van der Waals surface area contributed by atoms with Crippen molar-refractivity contribution in [3.8, 4) is 0 Å². The summed E-state index contributed by atoms with van der Waals surface area (Å²) in [5.41, 5.74) is -0.0581. The Kier molecular flexibility index (Phi) is 4.11. The zero-order valence-electron chi connectivity index (χ0n) is 10.1. The Bertz CT molecular complexity index is 412. The van der Waals surface area contributed by atoms with Gasteiger partial charge in [0.05, 0.1) is 19.8 Å². The Morgan fingerprint density at radius 2 is 2.18 bits per heavy atom. The molecule has 1 aromatic heterocycles. The molecule has 0 spiro atoms. The third kappa shape index (κ3) is 3.04. The lowest BCUT2D eigenvalue weighted by atomic mass is 10.4. The van der Waals surface area contributed by atoms with Crippen LogP contribution < -0.4 is 15.8 Å². The summed E-state index contributed by atoms with van der Waals surface area (Å²) in [5.74, 6) is 0.851. The molecule has 1 N–H and O–H groups in total. The fourth-order valence-corrected chi connectivity index (χ4v) is 1.78. The van der Waals surface area contributed by atoms with Crippen LogP contribution in [0, 0.1) is 0 Å². The molecule has 0 radical (unpaired) electrons. The maximum absolute atomic E-state index is 11.6. The van der Waals surface area contributed by atoms with E-state index in [4.69, 9.17) is 4.74 Å². The highest BCUT2D eigenvalue weighted by molar-refractivity contribution is 5.36. The molecule has 2 heterocycles. The van der Waals surface area contributed by atoms with Gasteiger partial charge in [-0.25, -0.2) is 4.68 Å². The predicted molar refractivity (Wildman–Crippen MR) is 65.5 cm³/mol. The lowest BCUT2D eigenvalue weighted by Crippen LogP contribution is -2.38. The first-order valence-corrected chi connectivity index (χ1v) is 5.87. The minimum Gasteiger partial charge on any atom is -0.378 e. The van der Waals surface area contributed by atoms with Crippen LogP contribution in [0.4, 0.5) is 5.82 Å². The summed E-state index contributed by atoms with van der Waals surface area (Å²) in [6.45, 7) is 4.43. The number of nitrogens with zero attached hydrogens (tertiary/aromatic N) is 3. The summed E-state index contributed by atoms with van der Waals surface area (Å²) in [4.78, 5) is 13.7.